The van der Waals surface area contributed by atoms with Gasteiger partial charge in [-0.15, -0.1) is 0 Å². The fourth-order valence-electron chi connectivity index (χ4n) is 5.81. The molecule has 0 saturated heterocycles. The number of halogens is 4. The van der Waals surface area contributed by atoms with Gasteiger partial charge < -0.3 is 4.90 Å². The quantitative estimate of drug-likeness (QED) is 0.516. The molecule has 1 unspecified atom stereocenters. The summed E-state index contributed by atoms with van der Waals surface area (Å²) in [5.41, 5.74) is -4.82. The van der Waals surface area contributed by atoms with Crippen molar-refractivity contribution in [2.45, 2.75) is 43.9 Å². The van der Waals surface area contributed by atoms with Crippen molar-refractivity contribution in [3.05, 3.63) is 59.9 Å². The Balaban J connectivity index is 1.48. The molecule has 3 aromatic rings. The molecule has 7 rings (SSSR count). The summed E-state index contributed by atoms with van der Waals surface area (Å²) in [5, 5.41) is 0. The molecule has 180 valence electrons. The lowest BCUT2D eigenvalue weighted by atomic mass is 9.41. The van der Waals surface area contributed by atoms with E-state index in [1.54, 1.807) is 35.1 Å². The van der Waals surface area contributed by atoms with Crippen molar-refractivity contribution in [2.24, 2.45) is 11.3 Å². The maximum atomic E-state index is 15.0. The standard InChI is InChI=1S/C22H21F4N5O2S/c23-17-3-1-4-18-16(17)12-30(34(32,33)22(24,25)26)13-19(21-7-14(8-21)9-21)31(18)11-15-10-29-6-2-5-27-20(29)28-15/h1-6,10,14,19H,7-9,11-13H2. The van der Waals surface area contributed by atoms with Gasteiger partial charge in [0.15, 0.2) is 0 Å². The van der Waals surface area contributed by atoms with Crippen LogP contribution in [0, 0.1) is 17.2 Å². The van der Waals surface area contributed by atoms with Crippen LogP contribution in [0.1, 0.15) is 30.5 Å². The first-order valence-corrected chi connectivity index (χ1v) is 12.4. The number of nitrogens with zero attached hydrogens (tertiary/aromatic N) is 5. The minimum absolute atomic E-state index is 0.0636. The van der Waals surface area contributed by atoms with Gasteiger partial charge in [0.05, 0.1) is 12.2 Å². The Hall–Kier alpha value is -2.73. The van der Waals surface area contributed by atoms with Crippen LogP contribution in [0.15, 0.2) is 42.9 Å². The molecule has 3 saturated carbocycles. The Kier molecular flexibility index (Phi) is 4.57. The largest absolute Gasteiger partial charge is 0.511 e. The highest BCUT2D eigenvalue weighted by molar-refractivity contribution is 7.89. The van der Waals surface area contributed by atoms with Gasteiger partial charge in [0.1, 0.15) is 5.82 Å². The van der Waals surface area contributed by atoms with Gasteiger partial charge in [-0.05, 0) is 48.8 Å². The molecule has 0 spiro atoms. The number of benzene rings is 1. The van der Waals surface area contributed by atoms with Gasteiger partial charge in [-0.3, -0.25) is 4.40 Å². The van der Waals surface area contributed by atoms with Crippen LogP contribution < -0.4 is 4.90 Å². The summed E-state index contributed by atoms with van der Waals surface area (Å²) < 4.78 is 82.8. The van der Waals surface area contributed by atoms with Crippen molar-refractivity contribution >= 4 is 21.5 Å². The number of anilines is 1. The zero-order valence-electron chi connectivity index (χ0n) is 17.9. The first kappa shape index (κ1) is 21.8. The fourth-order valence-corrected chi connectivity index (χ4v) is 6.74. The molecule has 3 heterocycles. The Labute approximate surface area is 193 Å². The van der Waals surface area contributed by atoms with E-state index < -0.39 is 33.9 Å². The number of alkyl halides is 3. The van der Waals surface area contributed by atoms with Crippen molar-refractivity contribution in [1.82, 2.24) is 18.7 Å². The second-order valence-electron chi connectivity index (χ2n) is 9.52. The number of hydrogen-bond donors (Lipinski definition) is 0. The molecule has 7 nitrogen and oxygen atoms in total. The van der Waals surface area contributed by atoms with Gasteiger partial charge in [0, 0.05) is 49.0 Å². The van der Waals surface area contributed by atoms with E-state index in [0.29, 0.717) is 27.4 Å². The van der Waals surface area contributed by atoms with Crippen LogP contribution in [0.4, 0.5) is 23.2 Å². The van der Waals surface area contributed by atoms with Gasteiger partial charge in [-0.25, -0.2) is 22.8 Å². The van der Waals surface area contributed by atoms with Crippen LogP contribution in [0.2, 0.25) is 0 Å². The molecule has 1 aromatic carbocycles. The maximum Gasteiger partial charge on any atom is 0.511 e. The zero-order chi connectivity index (χ0) is 23.9. The average Bonchev–Trinajstić information content (AvgIpc) is 3.04. The molecular formula is C22H21F4N5O2S. The summed E-state index contributed by atoms with van der Waals surface area (Å²) in [4.78, 5) is 10.6. The Bertz CT molecular complexity index is 1340. The molecule has 0 radical (unpaired) electrons. The first-order chi connectivity index (χ1) is 16.1. The summed E-state index contributed by atoms with van der Waals surface area (Å²) in [7, 11) is -5.65. The highest BCUT2D eigenvalue weighted by atomic mass is 32.2. The Morgan fingerprint density at radius 2 is 1.91 bits per heavy atom. The summed E-state index contributed by atoms with van der Waals surface area (Å²) >= 11 is 0. The molecule has 4 aliphatic rings. The number of imidazole rings is 1. The molecule has 1 aliphatic heterocycles. The van der Waals surface area contributed by atoms with Gasteiger partial charge >= 0.3 is 15.5 Å². The monoisotopic (exact) mass is 495 g/mol. The predicted octanol–water partition coefficient (Wildman–Crippen LogP) is 3.71. The smallest absolute Gasteiger partial charge is 0.360 e. The molecule has 3 aliphatic carbocycles. The molecule has 34 heavy (non-hydrogen) atoms. The van der Waals surface area contributed by atoms with Gasteiger partial charge in [0.25, 0.3) is 0 Å². The highest BCUT2D eigenvalue weighted by Crippen LogP contribution is 2.67. The summed E-state index contributed by atoms with van der Waals surface area (Å²) in [6.07, 6.45) is 7.64. The molecule has 2 bridgehead atoms. The molecular weight excluding hydrogens is 474 g/mol. The lowest BCUT2D eigenvalue weighted by Gasteiger charge is -2.67. The number of rotatable bonds is 4. The molecule has 1 atom stereocenters. The van der Waals surface area contributed by atoms with Crippen LogP contribution in [0.5, 0.6) is 0 Å². The second-order valence-corrected chi connectivity index (χ2v) is 11.5. The predicted molar refractivity (Wildman–Crippen MR) is 115 cm³/mol. The van der Waals surface area contributed by atoms with Crippen LogP contribution >= 0.6 is 0 Å². The number of sulfonamides is 1. The van der Waals surface area contributed by atoms with Crippen LogP contribution in [-0.4, -0.2) is 45.2 Å². The van der Waals surface area contributed by atoms with Crippen molar-refractivity contribution in [1.29, 1.82) is 0 Å². The Morgan fingerprint density at radius 1 is 1.15 bits per heavy atom. The molecule has 3 fully saturated rings. The van der Waals surface area contributed by atoms with E-state index in [2.05, 4.69) is 9.97 Å². The lowest BCUT2D eigenvalue weighted by molar-refractivity contribution is -0.129. The second kappa shape index (κ2) is 7.14. The number of fused-ring (bicyclic) bond motifs is 2. The molecule has 12 heteroatoms. The topological polar surface area (TPSA) is 70.8 Å². The third-order valence-electron chi connectivity index (χ3n) is 7.53. The van der Waals surface area contributed by atoms with Crippen LogP contribution in [-0.2, 0) is 23.1 Å². The zero-order valence-corrected chi connectivity index (χ0v) is 18.7. The summed E-state index contributed by atoms with van der Waals surface area (Å²) in [6.45, 7) is -0.853. The van der Waals surface area contributed by atoms with Gasteiger partial charge in [-0.2, -0.15) is 17.5 Å². The van der Waals surface area contributed by atoms with Crippen molar-refractivity contribution in [3.8, 4) is 0 Å². The van der Waals surface area contributed by atoms with Crippen molar-refractivity contribution < 1.29 is 26.0 Å². The SMILES string of the molecule is O=S(=O)(N1Cc2c(F)cccc2N(Cc2cn3cccnc3n2)C(C23CC(C2)C3)C1)C(F)(F)F. The van der Waals surface area contributed by atoms with Gasteiger partial charge in [-0.1, -0.05) is 6.07 Å². The number of aromatic nitrogens is 3. The average molecular weight is 496 g/mol. The Morgan fingerprint density at radius 3 is 2.56 bits per heavy atom. The van der Waals surface area contributed by atoms with Crippen LogP contribution in [0.3, 0.4) is 0 Å². The third-order valence-corrected chi connectivity index (χ3v) is 9.08. The molecule has 0 N–H and O–H groups in total. The lowest BCUT2D eigenvalue weighted by Crippen LogP contribution is -2.66. The van der Waals surface area contributed by atoms with E-state index >= 15 is 0 Å². The van der Waals surface area contributed by atoms with Crippen LogP contribution in [0.25, 0.3) is 5.78 Å². The van der Waals surface area contributed by atoms with E-state index in [0.717, 1.165) is 25.3 Å². The van der Waals surface area contributed by atoms with E-state index in [1.165, 1.54) is 6.07 Å². The van der Waals surface area contributed by atoms with E-state index in [9.17, 15) is 26.0 Å². The maximum absolute atomic E-state index is 15.0. The van der Waals surface area contributed by atoms with E-state index in [1.807, 2.05) is 4.90 Å². The van der Waals surface area contributed by atoms with Crippen molar-refractivity contribution in [3.63, 3.8) is 0 Å². The minimum atomic E-state index is -5.65. The summed E-state index contributed by atoms with van der Waals surface area (Å²) in [5.74, 6) is 0.249. The van der Waals surface area contributed by atoms with Gasteiger partial charge in [0.2, 0.25) is 5.78 Å². The van der Waals surface area contributed by atoms with Crippen molar-refractivity contribution in [2.75, 3.05) is 11.4 Å². The van der Waals surface area contributed by atoms with E-state index in [4.69, 9.17) is 0 Å². The normalized spacial score (nSPS) is 27.1. The fraction of sp³-hybridized carbons (Fsp3) is 0.455. The molecule has 0 amide bonds. The minimum Gasteiger partial charge on any atom is -0.360 e. The first-order valence-electron chi connectivity index (χ1n) is 11.0. The third kappa shape index (κ3) is 3.14. The summed E-state index contributed by atoms with van der Waals surface area (Å²) in [6, 6.07) is 5.49. The highest BCUT2D eigenvalue weighted by Gasteiger charge is 2.63. The van der Waals surface area contributed by atoms with E-state index in [-0.39, 0.29) is 24.1 Å². The molecule has 2 aromatic heterocycles. The number of hydrogen-bond acceptors (Lipinski definition) is 5.